The van der Waals surface area contributed by atoms with Crippen molar-refractivity contribution in [1.29, 1.82) is 0 Å². The molecule has 0 saturated carbocycles. The maximum Gasteiger partial charge on any atom is 0.243 e. The van der Waals surface area contributed by atoms with Gasteiger partial charge in [0, 0.05) is 11.1 Å². The monoisotopic (exact) mass is 376 g/mol. The average molecular weight is 377 g/mol. The third-order valence-electron chi connectivity index (χ3n) is 3.50. The van der Waals surface area contributed by atoms with Crippen LogP contribution in [0.2, 0.25) is 5.02 Å². The molecule has 0 spiro atoms. The second-order valence-corrected chi connectivity index (χ2v) is 6.41. The molecule has 4 N–H and O–H groups in total. The highest BCUT2D eigenvalue weighted by Crippen LogP contribution is 2.22. The number of benzene rings is 1. The summed E-state index contributed by atoms with van der Waals surface area (Å²) < 4.78 is 5.57. The Kier molecular flexibility index (Phi) is 6.94. The third-order valence-corrected chi connectivity index (χ3v) is 3.75. The molecule has 1 aromatic heterocycles. The second-order valence-electron chi connectivity index (χ2n) is 5.98. The number of amides is 2. The van der Waals surface area contributed by atoms with Gasteiger partial charge < -0.3 is 21.1 Å². The van der Waals surface area contributed by atoms with E-state index in [1.54, 1.807) is 36.4 Å². The molecule has 0 unspecified atom stereocenters. The number of carbonyl (C=O) groups is 2. The number of anilines is 1. The molecule has 0 aliphatic rings. The minimum absolute atomic E-state index is 0.00422. The molecule has 7 nitrogen and oxygen atoms in total. The van der Waals surface area contributed by atoms with Crippen molar-refractivity contribution < 1.29 is 14.3 Å². The summed E-state index contributed by atoms with van der Waals surface area (Å²) in [7, 11) is 0. The fourth-order valence-corrected chi connectivity index (χ4v) is 2.06. The number of nitrogens with one attached hydrogen (secondary N) is 2. The Morgan fingerprint density at radius 1 is 1.19 bits per heavy atom. The maximum absolute atomic E-state index is 11.9. The van der Waals surface area contributed by atoms with E-state index in [4.69, 9.17) is 22.1 Å². The van der Waals surface area contributed by atoms with E-state index in [1.807, 2.05) is 13.8 Å². The zero-order valence-corrected chi connectivity index (χ0v) is 15.3. The van der Waals surface area contributed by atoms with E-state index >= 15 is 0 Å². The molecule has 1 atom stereocenters. The summed E-state index contributed by atoms with van der Waals surface area (Å²) in [6, 6.07) is 9.51. The van der Waals surface area contributed by atoms with Crippen molar-refractivity contribution in [2.45, 2.75) is 19.9 Å². The number of ether oxygens (including phenoxy) is 1. The first-order chi connectivity index (χ1) is 12.3. The molecule has 0 aliphatic carbocycles. The zero-order chi connectivity index (χ0) is 19.1. The first kappa shape index (κ1) is 19.7. The van der Waals surface area contributed by atoms with Crippen LogP contribution in [0.25, 0.3) is 0 Å². The van der Waals surface area contributed by atoms with Gasteiger partial charge in [-0.05, 0) is 36.2 Å². The minimum Gasteiger partial charge on any atom is -0.439 e. The van der Waals surface area contributed by atoms with Gasteiger partial charge in [-0.25, -0.2) is 4.98 Å². The van der Waals surface area contributed by atoms with Gasteiger partial charge in [0.25, 0.3) is 0 Å². The highest BCUT2D eigenvalue weighted by Gasteiger charge is 2.17. The van der Waals surface area contributed by atoms with Crippen LogP contribution in [-0.2, 0) is 9.59 Å². The summed E-state index contributed by atoms with van der Waals surface area (Å²) in [5.41, 5.74) is 6.20. The average Bonchev–Trinajstić information content (AvgIpc) is 2.62. The van der Waals surface area contributed by atoms with Crippen LogP contribution in [0.5, 0.6) is 11.6 Å². The Bertz CT molecular complexity index is 748. The van der Waals surface area contributed by atoms with E-state index in [9.17, 15) is 9.59 Å². The molecular formula is C18H21ClN4O3. The van der Waals surface area contributed by atoms with Crippen LogP contribution in [0.15, 0.2) is 42.6 Å². The van der Waals surface area contributed by atoms with E-state index < -0.39 is 6.04 Å². The van der Waals surface area contributed by atoms with Crippen LogP contribution >= 0.6 is 11.6 Å². The Labute approximate surface area is 156 Å². The Morgan fingerprint density at radius 2 is 1.88 bits per heavy atom. The number of carbonyl (C=O) groups excluding carboxylic acids is 2. The van der Waals surface area contributed by atoms with E-state index in [-0.39, 0.29) is 24.3 Å². The first-order valence-electron chi connectivity index (χ1n) is 8.08. The van der Waals surface area contributed by atoms with Crippen molar-refractivity contribution in [3.8, 4) is 11.6 Å². The van der Waals surface area contributed by atoms with Gasteiger partial charge in [-0.1, -0.05) is 25.4 Å². The molecular weight excluding hydrogens is 356 g/mol. The molecule has 0 radical (unpaired) electrons. The molecule has 2 amide bonds. The van der Waals surface area contributed by atoms with Crippen molar-refractivity contribution in [2.24, 2.45) is 11.7 Å². The maximum atomic E-state index is 11.9. The van der Waals surface area contributed by atoms with Crippen molar-refractivity contribution >= 4 is 29.1 Å². The van der Waals surface area contributed by atoms with Crippen molar-refractivity contribution in [3.05, 3.63) is 47.6 Å². The van der Waals surface area contributed by atoms with Crippen LogP contribution in [-0.4, -0.2) is 29.4 Å². The second kappa shape index (κ2) is 9.17. The smallest absolute Gasteiger partial charge is 0.243 e. The van der Waals surface area contributed by atoms with E-state index in [0.29, 0.717) is 22.3 Å². The van der Waals surface area contributed by atoms with Crippen LogP contribution < -0.4 is 21.1 Å². The van der Waals surface area contributed by atoms with Crippen molar-refractivity contribution in [2.75, 3.05) is 11.9 Å². The highest BCUT2D eigenvalue weighted by atomic mass is 35.5. The van der Waals surface area contributed by atoms with Gasteiger partial charge in [-0.15, -0.1) is 0 Å². The van der Waals surface area contributed by atoms with Crippen LogP contribution in [0.4, 0.5) is 5.69 Å². The molecule has 26 heavy (non-hydrogen) atoms. The van der Waals surface area contributed by atoms with Gasteiger partial charge in [-0.3, -0.25) is 9.59 Å². The fraction of sp³-hybridized carbons (Fsp3) is 0.278. The molecule has 0 aliphatic heterocycles. The Hall–Kier alpha value is -2.64. The van der Waals surface area contributed by atoms with Gasteiger partial charge in [0.05, 0.1) is 24.5 Å². The predicted molar refractivity (Wildman–Crippen MR) is 100 cm³/mol. The number of hydrogen-bond donors (Lipinski definition) is 3. The summed E-state index contributed by atoms with van der Waals surface area (Å²) in [6.45, 7) is 3.51. The summed E-state index contributed by atoms with van der Waals surface area (Å²) in [6.07, 6.45) is 1.46. The third kappa shape index (κ3) is 6.02. The minimum atomic E-state index is -0.645. The lowest BCUT2D eigenvalue weighted by molar-refractivity contribution is -0.125. The summed E-state index contributed by atoms with van der Waals surface area (Å²) in [5, 5.41) is 5.75. The van der Waals surface area contributed by atoms with Gasteiger partial charge in [0.2, 0.25) is 17.7 Å². The lowest BCUT2D eigenvalue weighted by Crippen LogP contribution is -2.46. The van der Waals surface area contributed by atoms with Crippen LogP contribution in [0.3, 0.4) is 0 Å². The Balaban J connectivity index is 1.83. The van der Waals surface area contributed by atoms with Crippen LogP contribution in [0.1, 0.15) is 13.8 Å². The van der Waals surface area contributed by atoms with Crippen molar-refractivity contribution in [1.82, 2.24) is 10.3 Å². The molecule has 8 heteroatoms. The number of halogens is 1. The molecule has 0 fully saturated rings. The largest absolute Gasteiger partial charge is 0.439 e. The first-order valence-corrected chi connectivity index (χ1v) is 8.45. The van der Waals surface area contributed by atoms with Crippen LogP contribution in [0, 0.1) is 5.92 Å². The van der Waals surface area contributed by atoms with Gasteiger partial charge in [0.15, 0.2) is 0 Å². The number of nitrogens with zero attached hydrogens (tertiary/aromatic N) is 1. The molecule has 2 rings (SSSR count). The number of pyridine rings is 1. The molecule has 1 aromatic carbocycles. The number of nitrogens with two attached hydrogens (primary N) is 1. The van der Waals surface area contributed by atoms with Gasteiger partial charge >= 0.3 is 0 Å². The molecule has 1 heterocycles. The summed E-state index contributed by atoms with van der Waals surface area (Å²) >= 11 is 5.82. The summed E-state index contributed by atoms with van der Waals surface area (Å²) in [4.78, 5) is 27.7. The number of hydrogen-bond acceptors (Lipinski definition) is 5. The van der Waals surface area contributed by atoms with Crippen molar-refractivity contribution in [3.63, 3.8) is 0 Å². The standard InChI is InChI=1S/C18H21ClN4O3/c1-11(2)17(20)18(25)22-10-15(24)23-13-5-8-16(21-9-13)26-14-6-3-12(19)4-7-14/h3-9,11,17H,10,20H2,1-2H3,(H,22,25)(H,23,24)/t17-/m0/s1. The lowest BCUT2D eigenvalue weighted by Gasteiger charge is -2.15. The predicted octanol–water partition coefficient (Wildman–Crippen LogP) is 2.57. The number of aromatic nitrogens is 1. The van der Waals surface area contributed by atoms with Gasteiger partial charge in [-0.2, -0.15) is 0 Å². The molecule has 138 valence electrons. The summed E-state index contributed by atoms with van der Waals surface area (Å²) in [5.74, 6) is 0.238. The van der Waals surface area contributed by atoms with E-state index in [1.165, 1.54) is 6.20 Å². The normalized spacial score (nSPS) is 11.7. The van der Waals surface area contributed by atoms with E-state index in [0.717, 1.165) is 0 Å². The molecule has 0 bridgehead atoms. The Morgan fingerprint density at radius 3 is 2.46 bits per heavy atom. The highest BCUT2D eigenvalue weighted by molar-refractivity contribution is 6.30. The zero-order valence-electron chi connectivity index (χ0n) is 14.5. The quantitative estimate of drug-likeness (QED) is 0.688. The molecule has 2 aromatic rings. The fourth-order valence-electron chi connectivity index (χ4n) is 1.93. The molecule has 0 saturated heterocycles. The van der Waals surface area contributed by atoms with Gasteiger partial charge in [0.1, 0.15) is 5.75 Å². The van der Waals surface area contributed by atoms with E-state index in [2.05, 4.69) is 15.6 Å². The lowest BCUT2D eigenvalue weighted by atomic mass is 10.1. The number of rotatable bonds is 7. The topological polar surface area (TPSA) is 106 Å². The SMILES string of the molecule is CC(C)[C@H](N)C(=O)NCC(=O)Nc1ccc(Oc2ccc(Cl)cc2)nc1.